The maximum Gasteiger partial charge on any atom is 0.256 e. The number of ether oxygens (including phenoxy) is 2. The van der Waals surface area contributed by atoms with Crippen LogP contribution < -0.4 is 10.1 Å². The van der Waals surface area contributed by atoms with Gasteiger partial charge in [-0.15, -0.1) is 0 Å². The minimum Gasteiger partial charge on any atom is -0.496 e. The first-order chi connectivity index (χ1) is 10.9. The Morgan fingerprint density at radius 3 is 2.26 bits per heavy atom. The number of nitrogens with one attached hydrogen (secondary N) is 1. The summed E-state index contributed by atoms with van der Waals surface area (Å²) in [6.07, 6.45) is 3.95. The third kappa shape index (κ3) is 5.24. The van der Waals surface area contributed by atoms with E-state index in [1.54, 1.807) is 7.11 Å². The molecule has 1 aromatic rings. The van der Waals surface area contributed by atoms with Gasteiger partial charge in [0.2, 0.25) is 0 Å². The molecule has 0 saturated heterocycles. The van der Waals surface area contributed by atoms with Crippen molar-refractivity contribution in [2.45, 2.75) is 65.9 Å². The van der Waals surface area contributed by atoms with Gasteiger partial charge < -0.3 is 14.8 Å². The second-order valence-corrected chi connectivity index (χ2v) is 6.22. The first-order valence-corrected chi connectivity index (χ1v) is 8.48. The monoisotopic (exact) mass is 321 g/mol. The molecule has 0 aromatic heterocycles. The second-order valence-electron chi connectivity index (χ2n) is 6.22. The fourth-order valence-corrected chi connectivity index (χ4v) is 2.89. The summed E-state index contributed by atoms with van der Waals surface area (Å²) in [5.74, 6) is 0.776. The molecular weight excluding hydrogens is 290 g/mol. The Morgan fingerprint density at radius 1 is 1.17 bits per heavy atom. The van der Waals surface area contributed by atoms with Crippen LogP contribution in [0.5, 0.6) is 5.75 Å². The minimum absolute atomic E-state index is 0.0839. The van der Waals surface area contributed by atoms with E-state index in [1.165, 1.54) is 0 Å². The van der Waals surface area contributed by atoms with Gasteiger partial charge in [-0.05, 0) is 57.4 Å². The number of hydrogen-bond donors (Lipinski definition) is 1. The summed E-state index contributed by atoms with van der Waals surface area (Å²) in [4.78, 5) is 12.7. The molecule has 0 aliphatic rings. The highest BCUT2D eigenvalue weighted by Gasteiger charge is 2.33. The molecule has 1 N–H and O–H groups in total. The number of benzene rings is 1. The Kier molecular flexibility index (Phi) is 7.56. The molecule has 130 valence electrons. The quantitative estimate of drug-likeness (QED) is 0.675. The zero-order valence-corrected chi connectivity index (χ0v) is 15.4. The van der Waals surface area contributed by atoms with Gasteiger partial charge in [-0.2, -0.15) is 0 Å². The van der Waals surface area contributed by atoms with E-state index < -0.39 is 5.60 Å². The molecule has 0 saturated carbocycles. The van der Waals surface area contributed by atoms with Crippen LogP contribution in [0, 0.1) is 13.8 Å². The second kappa shape index (κ2) is 8.92. The highest BCUT2D eigenvalue weighted by atomic mass is 16.5. The van der Waals surface area contributed by atoms with E-state index in [1.807, 2.05) is 39.8 Å². The number of methoxy groups -OCH3 is 1. The number of carbonyl (C=O) groups is 1. The Bertz CT molecular complexity index is 504. The highest BCUT2D eigenvalue weighted by molar-refractivity contribution is 5.97. The maximum atomic E-state index is 12.7. The van der Waals surface area contributed by atoms with E-state index >= 15 is 0 Å². The van der Waals surface area contributed by atoms with Crippen molar-refractivity contribution in [3.05, 3.63) is 23.3 Å². The van der Waals surface area contributed by atoms with Gasteiger partial charge >= 0.3 is 0 Å². The predicted molar refractivity (Wildman–Crippen MR) is 95.3 cm³/mol. The van der Waals surface area contributed by atoms with Gasteiger partial charge in [0.1, 0.15) is 11.4 Å². The first-order valence-electron chi connectivity index (χ1n) is 8.48. The van der Waals surface area contributed by atoms with E-state index in [4.69, 9.17) is 9.47 Å². The topological polar surface area (TPSA) is 47.6 Å². The van der Waals surface area contributed by atoms with E-state index in [0.717, 1.165) is 48.2 Å². The Hall–Kier alpha value is -1.55. The van der Waals surface area contributed by atoms with Crippen molar-refractivity contribution < 1.29 is 14.3 Å². The van der Waals surface area contributed by atoms with Crippen molar-refractivity contribution >= 4 is 11.6 Å². The summed E-state index contributed by atoms with van der Waals surface area (Å²) >= 11 is 0. The normalized spacial score (nSPS) is 13.5. The number of aryl methyl sites for hydroxylation is 2. The summed E-state index contributed by atoms with van der Waals surface area (Å²) in [7, 11) is 1.66. The number of rotatable bonds is 9. The van der Waals surface area contributed by atoms with Gasteiger partial charge in [-0.1, -0.05) is 26.2 Å². The molecule has 23 heavy (non-hydrogen) atoms. The molecule has 4 nitrogen and oxygen atoms in total. The number of hydrogen-bond acceptors (Lipinski definition) is 3. The van der Waals surface area contributed by atoms with E-state index in [-0.39, 0.29) is 5.91 Å². The smallest absolute Gasteiger partial charge is 0.256 e. The Balaban J connectivity index is 2.90. The van der Waals surface area contributed by atoms with E-state index in [2.05, 4.69) is 12.2 Å². The summed E-state index contributed by atoms with van der Waals surface area (Å²) in [6, 6.07) is 3.87. The largest absolute Gasteiger partial charge is 0.496 e. The van der Waals surface area contributed by atoms with Crippen LogP contribution in [0.2, 0.25) is 0 Å². The summed E-state index contributed by atoms with van der Waals surface area (Å²) in [5.41, 5.74) is 2.01. The Labute approximate surface area is 140 Å². The fraction of sp³-hybridized carbons (Fsp3) is 0.632. The number of anilines is 1. The van der Waals surface area contributed by atoms with Crippen molar-refractivity contribution in [3.8, 4) is 5.75 Å². The molecule has 1 atom stereocenters. The first kappa shape index (κ1) is 19.5. The molecule has 0 aliphatic carbocycles. The summed E-state index contributed by atoms with van der Waals surface area (Å²) < 4.78 is 11.1. The molecule has 0 heterocycles. The number of amides is 1. The third-order valence-corrected chi connectivity index (χ3v) is 4.12. The lowest BCUT2D eigenvalue weighted by atomic mass is 9.96. The number of unbranched alkanes of at least 4 members (excludes halogenated alkanes) is 2. The zero-order valence-electron chi connectivity index (χ0n) is 15.4. The van der Waals surface area contributed by atoms with Gasteiger partial charge in [-0.3, -0.25) is 4.79 Å². The van der Waals surface area contributed by atoms with E-state index in [0.29, 0.717) is 6.61 Å². The lowest BCUT2D eigenvalue weighted by Gasteiger charge is -2.28. The SMILES string of the molecule is CCCCC[C@@](C)(OCC)C(=O)Nc1cc(C)c(OC)c(C)c1. The molecule has 1 aromatic carbocycles. The van der Waals surface area contributed by atoms with Crippen molar-refractivity contribution in [1.82, 2.24) is 0 Å². The fourth-order valence-electron chi connectivity index (χ4n) is 2.89. The molecule has 0 unspecified atom stereocenters. The van der Waals surface area contributed by atoms with Crippen LogP contribution in [0.3, 0.4) is 0 Å². The third-order valence-electron chi connectivity index (χ3n) is 4.12. The van der Waals surface area contributed by atoms with Crippen molar-refractivity contribution in [2.75, 3.05) is 19.0 Å². The van der Waals surface area contributed by atoms with Crippen molar-refractivity contribution in [3.63, 3.8) is 0 Å². The van der Waals surface area contributed by atoms with Crippen LogP contribution in [0.4, 0.5) is 5.69 Å². The van der Waals surface area contributed by atoms with Crippen LogP contribution in [-0.4, -0.2) is 25.2 Å². The van der Waals surface area contributed by atoms with Crippen LogP contribution in [0.25, 0.3) is 0 Å². The molecule has 0 spiro atoms. The molecule has 1 amide bonds. The summed E-state index contributed by atoms with van der Waals surface area (Å²) in [6.45, 7) is 10.4. The molecule has 4 heteroatoms. The predicted octanol–water partition coefficient (Wildman–Crippen LogP) is 4.63. The van der Waals surface area contributed by atoms with Gasteiger partial charge in [0.15, 0.2) is 0 Å². The van der Waals surface area contributed by atoms with Crippen LogP contribution in [0.15, 0.2) is 12.1 Å². The van der Waals surface area contributed by atoms with Crippen molar-refractivity contribution in [2.24, 2.45) is 0 Å². The van der Waals surface area contributed by atoms with Gasteiger partial charge in [0.25, 0.3) is 5.91 Å². The van der Waals surface area contributed by atoms with Crippen LogP contribution in [0.1, 0.15) is 57.6 Å². The minimum atomic E-state index is -0.786. The average molecular weight is 321 g/mol. The lowest BCUT2D eigenvalue weighted by Crippen LogP contribution is -2.42. The van der Waals surface area contributed by atoms with Gasteiger partial charge in [0.05, 0.1) is 7.11 Å². The maximum absolute atomic E-state index is 12.7. The molecule has 0 aliphatic heterocycles. The standard InChI is InChI=1S/C19H31NO3/c1-7-9-10-11-19(5,23-8-2)18(21)20-16-12-14(3)17(22-6)15(4)13-16/h12-13H,7-11H2,1-6H3,(H,20,21)/t19-/m1/s1. The highest BCUT2D eigenvalue weighted by Crippen LogP contribution is 2.28. The van der Waals surface area contributed by atoms with Crippen LogP contribution in [-0.2, 0) is 9.53 Å². The van der Waals surface area contributed by atoms with Crippen LogP contribution >= 0.6 is 0 Å². The molecule has 1 rings (SSSR count). The summed E-state index contributed by atoms with van der Waals surface area (Å²) in [5, 5.41) is 3.01. The van der Waals surface area contributed by atoms with Gasteiger partial charge in [-0.25, -0.2) is 0 Å². The molecular formula is C19H31NO3. The molecule has 0 fully saturated rings. The Morgan fingerprint density at radius 2 is 1.78 bits per heavy atom. The lowest BCUT2D eigenvalue weighted by molar-refractivity contribution is -0.139. The molecule has 0 bridgehead atoms. The van der Waals surface area contributed by atoms with E-state index in [9.17, 15) is 4.79 Å². The average Bonchev–Trinajstić information content (AvgIpc) is 2.47. The van der Waals surface area contributed by atoms with Crippen molar-refractivity contribution in [1.29, 1.82) is 0 Å². The molecule has 0 radical (unpaired) electrons. The number of carbonyl (C=O) groups excluding carboxylic acids is 1. The van der Waals surface area contributed by atoms with Gasteiger partial charge in [0, 0.05) is 12.3 Å². The zero-order chi connectivity index (χ0) is 17.5.